The summed E-state index contributed by atoms with van der Waals surface area (Å²) in [6, 6.07) is 10.1. The van der Waals surface area contributed by atoms with Crippen molar-refractivity contribution in [3.05, 3.63) is 53.6 Å². The van der Waals surface area contributed by atoms with Gasteiger partial charge in [-0.25, -0.2) is 4.98 Å². The van der Waals surface area contributed by atoms with Gasteiger partial charge in [-0.1, -0.05) is 6.07 Å². The Morgan fingerprint density at radius 3 is 2.89 bits per heavy atom. The molecule has 0 atom stereocenters. The Morgan fingerprint density at radius 1 is 1.26 bits per heavy atom. The zero-order valence-electron chi connectivity index (χ0n) is 10.5. The molecule has 96 valence electrons. The second-order valence-corrected chi connectivity index (χ2v) is 4.72. The first kappa shape index (κ1) is 12.1. The highest BCUT2D eigenvalue weighted by molar-refractivity contribution is 6.16. The SMILES string of the molecule is Cc1ccc2c(c1)nc(CCl)n2Cc1cccnn1. The first-order valence-corrected chi connectivity index (χ1v) is 6.59. The summed E-state index contributed by atoms with van der Waals surface area (Å²) in [6.45, 7) is 2.69. The average molecular weight is 273 g/mol. The minimum Gasteiger partial charge on any atom is -0.321 e. The molecule has 0 saturated carbocycles. The average Bonchev–Trinajstić information content (AvgIpc) is 2.77. The van der Waals surface area contributed by atoms with Crippen molar-refractivity contribution in [3.63, 3.8) is 0 Å². The number of halogens is 1. The summed E-state index contributed by atoms with van der Waals surface area (Å²) in [4.78, 5) is 4.57. The minimum atomic E-state index is 0.383. The largest absolute Gasteiger partial charge is 0.321 e. The van der Waals surface area contributed by atoms with E-state index in [-0.39, 0.29) is 0 Å². The van der Waals surface area contributed by atoms with Crippen molar-refractivity contribution < 1.29 is 0 Å². The summed E-state index contributed by atoms with van der Waals surface area (Å²) in [5.41, 5.74) is 4.14. The highest BCUT2D eigenvalue weighted by Crippen LogP contribution is 2.20. The normalized spacial score (nSPS) is 11.1. The van der Waals surface area contributed by atoms with Gasteiger partial charge in [0.1, 0.15) is 5.82 Å². The molecule has 0 amide bonds. The molecule has 4 nitrogen and oxygen atoms in total. The van der Waals surface area contributed by atoms with Crippen LogP contribution < -0.4 is 0 Å². The van der Waals surface area contributed by atoms with Crippen LogP contribution in [0.25, 0.3) is 11.0 Å². The fourth-order valence-electron chi connectivity index (χ4n) is 2.15. The third-order valence-corrected chi connectivity index (χ3v) is 3.29. The Labute approximate surface area is 116 Å². The lowest BCUT2D eigenvalue weighted by Gasteiger charge is -2.06. The van der Waals surface area contributed by atoms with E-state index in [1.54, 1.807) is 6.20 Å². The molecule has 0 saturated heterocycles. The number of rotatable bonds is 3. The van der Waals surface area contributed by atoms with Gasteiger partial charge in [0.05, 0.1) is 29.2 Å². The van der Waals surface area contributed by atoms with Crippen LogP contribution in [0.15, 0.2) is 36.5 Å². The van der Waals surface area contributed by atoms with Gasteiger partial charge in [0, 0.05) is 6.20 Å². The lowest BCUT2D eigenvalue weighted by atomic mass is 10.2. The van der Waals surface area contributed by atoms with Gasteiger partial charge in [-0.3, -0.25) is 0 Å². The van der Waals surface area contributed by atoms with Crippen molar-refractivity contribution in [2.45, 2.75) is 19.3 Å². The van der Waals surface area contributed by atoms with E-state index >= 15 is 0 Å². The number of aromatic nitrogens is 4. The van der Waals surface area contributed by atoms with E-state index < -0.39 is 0 Å². The van der Waals surface area contributed by atoms with Crippen LogP contribution in [0.4, 0.5) is 0 Å². The summed E-state index contributed by atoms with van der Waals surface area (Å²) >= 11 is 5.99. The first-order chi connectivity index (χ1) is 9.28. The van der Waals surface area contributed by atoms with Crippen LogP contribution in [-0.4, -0.2) is 19.7 Å². The predicted octanol–water partition coefficient (Wildman–Crippen LogP) is 2.92. The van der Waals surface area contributed by atoms with E-state index in [4.69, 9.17) is 11.6 Å². The third-order valence-electron chi connectivity index (χ3n) is 3.05. The summed E-state index contributed by atoms with van der Waals surface area (Å²) in [5.74, 6) is 1.24. The second-order valence-electron chi connectivity index (χ2n) is 4.45. The maximum atomic E-state index is 5.99. The van der Waals surface area contributed by atoms with Crippen molar-refractivity contribution in [1.82, 2.24) is 19.7 Å². The Hall–Kier alpha value is -1.94. The number of aryl methyl sites for hydroxylation is 1. The molecule has 0 aliphatic rings. The van der Waals surface area contributed by atoms with Crippen molar-refractivity contribution in [3.8, 4) is 0 Å². The molecule has 2 aromatic heterocycles. The molecule has 0 aliphatic heterocycles. The molecule has 2 heterocycles. The zero-order chi connectivity index (χ0) is 13.2. The molecule has 0 unspecified atom stereocenters. The maximum absolute atomic E-state index is 5.99. The molecule has 0 aliphatic carbocycles. The van der Waals surface area contributed by atoms with E-state index in [0.717, 1.165) is 22.6 Å². The van der Waals surface area contributed by atoms with Crippen LogP contribution >= 0.6 is 11.6 Å². The Bertz CT molecular complexity index is 706. The molecular formula is C14H13ClN4. The monoisotopic (exact) mass is 272 g/mol. The van der Waals surface area contributed by atoms with Crippen LogP contribution in [0.5, 0.6) is 0 Å². The van der Waals surface area contributed by atoms with Crippen LogP contribution in [0.1, 0.15) is 17.1 Å². The Balaban J connectivity index is 2.11. The lowest BCUT2D eigenvalue weighted by Crippen LogP contribution is -2.05. The van der Waals surface area contributed by atoms with Gasteiger partial charge in [-0.2, -0.15) is 10.2 Å². The molecular weight excluding hydrogens is 260 g/mol. The van der Waals surface area contributed by atoms with Gasteiger partial charge in [0.15, 0.2) is 0 Å². The summed E-state index contributed by atoms with van der Waals surface area (Å²) in [5, 5.41) is 8.01. The predicted molar refractivity (Wildman–Crippen MR) is 75.2 cm³/mol. The van der Waals surface area contributed by atoms with Gasteiger partial charge in [0.25, 0.3) is 0 Å². The van der Waals surface area contributed by atoms with Crippen LogP contribution in [0.2, 0.25) is 0 Å². The van der Waals surface area contributed by atoms with Crippen molar-refractivity contribution in [1.29, 1.82) is 0 Å². The number of hydrogen-bond donors (Lipinski definition) is 0. The quantitative estimate of drug-likeness (QED) is 0.689. The number of benzene rings is 1. The van der Waals surface area contributed by atoms with Gasteiger partial charge < -0.3 is 4.57 Å². The maximum Gasteiger partial charge on any atom is 0.125 e. The molecule has 0 N–H and O–H groups in total. The van der Waals surface area contributed by atoms with Crippen molar-refractivity contribution in [2.24, 2.45) is 0 Å². The van der Waals surface area contributed by atoms with E-state index in [1.807, 2.05) is 12.1 Å². The highest BCUT2D eigenvalue weighted by atomic mass is 35.5. The summed E-state index contributed by atoms with van der Waals surface area (Å²) in [6.07, 6.45) is 1.67. The fourth-order valence-corrected chi connectivity index (χ4v) is 2.35. The van der Waals surface area contributed by atoms with E-state index in [0.29, 0.717) is 12.4 Å². The molecule has 0 radical (unpaired) electrons. The molecule has 0 fully saturated rings. The van der Waals surface area contributed by atoms with Gasteiger partial charge in [-0.15, -0.1) is 11.6 Å². The zero-order valence-corrected chi connectivity index (χ0v) is 11.3. The standard InChI is InChI=1S/C14H13ClN4/c1-10-4-5-13-12(7-10)17-14(8-15)19(13)9-11-3-2-6-16-18-11/h2-7H,8-9H2,1H3. The molecule has 3 rings (SSSR count). The van der Waals surface area contributed by atoms with Gasteiger partial charge in [0.2, 0.25) is 0 Å². The van der Waals surface area contributed by atoms with Crippen LogP contribution in [-0.2, 0) is 12.4 Å². The lowest BCUT2D eigenvalue weighted by molar-refractivity contribution is 0.740. The summed E-state index contributed by atoms with van der Waals surface area (Å²) < 4.78 is 2.09. The fraction of sp³-hybridized carbons (Fsp3) is 0.214. The topological polar surface area (TPSA) is 43.6 Å². The van der Waals surface area contributed by atoms with Crippen LogP contribution in [0, 0.1) is 6.92 Å². The minimum absolute atomic E-state index is 0.383. The number of imidazole rings is 1. The van der Waals surface area contributed by atoms with Gasteiger partial charge in [-0.05, 0) is 36.8 Å². The van der Waals surface area contributed by atoms with E-state index in [2.05, 4.69) is 44.9 Å². The van der Waals surface area contributed by atoms with E-state index in [1.165, 1.54) is 5.56 Å². The molecule has 1 aromatic carbocycles. The van der Waals surface area contributed by atoms with Gasteiger partial charge >= 0.3 is 0 Å². The molecule has 3 aromatic rings. The number of alkyl halides is 1. The first-order valence-electron chi connectivity index (χ1n) is 6.06. The van der Waals surface area contributed by atoms with E-state index in [9.17, 15) is 0 Å². The molecule has 19 heavy (non-hydrogen) atoms. The number of nitrogens with zero attached hydrogens (tertiary/aromatic N) is 4. The number of fused-ring (bicyclic) bond motifs is 1. The van der Waals surface area contributed by atoms with Crippen molar-refractivity contribution in [2.75, 3.05) is 0 Å². The van der Waals surface area contributed by atoms with Crippen LogP contribution in [0.3, 0.4) is 0 Å². The second kappa shape index (κ2) is 4.97. The molecule has 0 spiro atoms. The molecule has 5 heteroatoms. The highest BCUT2D eigenvalue weighted by Gasteiger charge is 2.10. The van der Waals surface area contributed by atoms with Crippen molar-refractivity contribution >= 4 is 22.6 Å². The summed E-state index contributed by atoms with van der Waals surface area (Å²) in [7, 11) is 0. The Morgan fingerprint density at radius 2 is 2.16 bits per heavy atom. The number of hydrogen-bond acceptors (Lipinski definition) is 3. The smallest absolute Gasteiger partial charge is 0.125 e. The Kier molecular flexibility index (Phi) is 3.17. The third kappa shape index (κ3) is 2.31. The molecule has 0 bridgehead atoms.